The molecular formula is C49H34. The van der Waals surface area contributed by atoms with Gasteiger partial charge in [0.1, 0.15) is 0 Å². The van der Waals surface area contributed by atoms with Gasteiger partial charge in [-0.25, -0.2) is 0 Å². The lowest BCUT2D eigenvalue weighted by Crippen LogP contribution is -2.16. The fourth-order valence-corrected chi connectivity index (χ4v) is 8.82. The zero-order valence-corrected chi connectivity index (χ0v) is 27.7. The molecular weight excluding hydrogens is 589 g/mol. The van der Waals surface area contributed by atoms with Gasteiger partial charge >= 0.3 is 0 Å². The Labute approximate surface area is 286 Å². The average Bonchev–Trinajstić information content (AvgIpc) is 3.38. The molecule has 0 atom stereocenters. The van der Waals surface area contributed by atoms with Gasteiger partial charge in [0.15, 0.2) is 0 Å². The van der Waals surface area contributed by atoms with Crippen LogP contribution >= 0.6 is 0 Å². The number of fused-ring (bicyclic) bond motifs is 7. The van der Waals surface area contributed by atoms with Gasteiger partial charge in [-0.3, -0.25) is 0 Å². The van der Waals surface area contributed by atoms with Crippen molar-refractivity contribution in [3.8, 4) is 44.5 Å². The number of hydrogen-bond acceptors (Lipinski definition) is 0. The first kappa shape index (κ1) is 28.1. The van der Waals surface area contributed by atoms with Gasteiger partial charge in [-0.1, -0.05) is 166 Å². The van der Waals surface area contributed by atoms with Gasteiger partial charge in [0.2, 0.25) is 0 Å². The maximum absolute atomic E-state index is 2.43. The zero-order valence-electron chi connectivity index (χ0n) is 27.7. The van der Waals surface area contributed by atoms with Gasteiger partial charge in [0.05, 0.1) is 0 Å². The molecule has 0 aliphatic heterocycles. The van der Waals surface area contributed by atoms with E-state index < -0.39 is 0 Å². The summed E-state index contributed by atoms with van der Waals surface area (Å²) in [6.45, 7) is 4.79. The molecule has 0 bridgehead atoms. The summed E-state index contributed by atoms with van der Waals surface area (Å²) in [4.78, 5) is 0. The first-order valence-electron chi connectivity index (χ1n) is 17.3. The van der Waals surface area contributed by atoms with E-state index in [-0.39, 0.29) is 5.41 Å². The highest BCUT2D eigenvalue weighted by molar-refractivity contribution is 6.23. The van der Waals surface area contributed by atoms with Crippen LogP contribution in [0, 0.1) is 0 Å². The predicted molar refractivity (Wildman–Crippen MR) is 210 cm³/mol. The predicted octanol–water partition coefficient (Wildman–Crippen LogP) is 13.6. The Bertz CT molecular complexity index is 2730. The molecule has 0 fully saturated rings. The third kappa shape index (κ3) is 4.11. The quantitative estimate of drug-likeness (QED) is 0.172. The maximum atomic E-state index is 2.43. The van der Waals surface area contributed by atoms with E-state index in [1.807, 2.05) is 0 Å². The van der Waals surface area contributed by atoms with Crippen LogP contribution in [0.3, 0.4) is 0 Å². The molecule has 0 nitrogen and oxygen atoms in total. The Hall–Kier alpha value is -5.98. The number of benzene rings is 9. The summed E-state index contributed by atoms with van der Waals surface area (Å²) in [5, 5.41) is 10.3. The standard InChI is InChI=1S/C49H34/c1-49(2)45-30-33-16-4-3-15-32(33)29-44(45)43-27-13-25-37(48(43)49)34-18-11-19-35(28-34)46-39-21-7-9-23-41(39)47(42-24-10-8-22-40(42)46)38-26-12-17-31-14-5-6-20-36(31)38/h3-30H,1-2H3. The van der Waals surface area contributed by atoms with E-state index >= 15 is 0 Å². The highest BCUT2D eigenvalue weighted by atomic mass is 14.4. The van der Waals surface area contributed by atoms with Crippen molar-refractivity contribution >= 4 is 43.1 Å². The second-order valence-corrected chi connectivity index (χ2v) is 14.0. The smallest absolute Gasteiger partial charge is 0.0165 e. The van der Waals surface area contributed by atoms with Crippen molar-refractivity contribution < 1.29 is 0 Å². The van der Waals surface area contributed by atoms with E-state index in [1.165, 1.54) is 98.7 Å². The fraction of sp³-hybridized carbons (Fsp3) is 0.0612. The summed E-state index contributed by atoms with van der Waals surface area (Å²) in [7, 11) is 0. The molecule has 230 valence electrons. The normalized spacial score (nSPS) is 13.3. The second kappa shape index (κ2) is 10.5. The highest BCUT2D eigenvalue weighted by Crippen LogP contribution is 2.53. The number of hydrogen-bond donors (Lipinski definition) is 0. The second-order valence-electron chi connectivity index (χ2n) is 14.0. The molecule has 49 heavy (non-hydrogen) atoms. The average molecular weight is 623 g/mol. The minimum atomic E-state index is -0.124. The molecule has 0 radical (unpaired) electrons. The van der Waals surface area contributed by atoms with Crippen molar-refractivity contribution in [3.63, 3.8) is 0 Å². The molecule has 0 saturated carbocycles. The van der Waals surface area contributed by atoms with Crippen LogP contribution in [0.25, 0.3) is 87.6 Å². The van der Waals surface area contributed by atoms with Gasteiger partial charge in [-0.05, 0) is 117 Å². The van der Waals surface area contributed by atoms with E-state index in [9.17, 15) is 0 Å². The van der Waals surface area contributed by atoms with Gasteiger partial charge in [0.25, 0.3) is 0 Å². The van der Waals surface area contributed by atoms with Gasteiger partial charge < -0.3 is 0 Å². The van der Waals surface area contributed by atoms with Gasteiger partial charge in [0, 0.05) is 5.41 Å². The van der Waals surface area contributed by atoms with Crippen LogP contribution in [0.2, 0.25) is 0 Å². The lowest BCUT2D eigenvalue weighted by Gasteiger charge is -2.25. The van der Waals surface area contributed by atoms with E-state index in [0.717, 1.165) is 0 Å². The van der Waals surface area contributed by atoms with Crippen LogP contribution in [0.1, 0.15) is 25.0 Å². The van der Waals surface area contributed by atoms with Crippen molar-refractivity contribution in [2.45, 2.75) is 19.3 Å². The summed E-state index contributed by atoms with van der Waals surface area (Å²) in [6, 6.07) is 63.1. The molecule has 0 saturated heterocycles. The topological polar surface area (TPSA) is 0 Å². The molecule has 10 rings (SSSR count). The largest absolute Gasteiger partial charge is 0.0616 e. The summed E-state index contributed by atoms with van der Waals surface area (Å²) in [5.41, 5.74) is 13.1. The van der Waals surface area contributed by atoms with Crippen molar-refractivity contribution in [2.24, 2.45) is 0 Å². The lowest BCUT2D eigenvalue weighted by molar-refractivity contribution is 0.663. The van der Waals surface area contributed by atoms with Crippen LogP contribution in [0.15, 0.2) is 170 Å². The Balaban J connectivity index is 1.21. The summed E-state index contributed by atoms with van der Waals surface area (Å²) in [5.74, 6) is 0. The zero-order chi connectivity index (χ0) is 32.7. The summed E-state index contributed by atoms with van der Waals surface area (Å²) < 4.78 is 0. The highest BCUT2D eigenvalue weighted by Gasteiger charge is 2.37. The van der Waals surface area contributed by atoms with Gasteiger partial charge in [-0.15, -0.1) is 0 Å². The van der Waals surface area contributed by atoms with Crippen LogP contribution in [0.4, 0.5) is 0 Å². The van der Waals surface area contributed by atoms with Gasteiger partial charge in [-0.2, -0.15) is 0 Å². The molecule has 0 aromatic heterocycles. The Kier molecular flexibility index (Phi) is 6.02. The van der Waals surface area contributed by atoms with Crippen molar-refractivity contribution in [1.29, 1.82) is 0 Å². The van der Waals surface area contributed by atoms with Crippen molar-refractivity contribution in [1.82, 2.24) is 0 Å². The first-order chi connectivity index (χ1) is 24.1. The van der Waals surface area contributed by atoms with E-state index in [0.29, 0.717) is 0 Å². The SMILES string of the molecule is CC1(C)c2cc3ccccc3cc2-c2cccc(-c3cccc(-c4c5ccccc5c(-c5cccc6ccccc56)c5ccccc45)c3)c21. The molecule has 0 spiro atoms. The summed E-state index contributed by atoms with van der Waals surface area (Å²) >= 11 is 0. The monoisotopic (exact) mass is 622 g/mol. The minimum absolute atomic E-state index is 0.124. The Morgan fingerprint density at radius 1 is 0.327 bits per heavy atom. The Morgan fingerprint density at radius 2 is 0.816 bits per heavy atom. The van der Waals surface area contributed by atoms with Crippen molar-refractivity contribution in [2.75, 3.05) is 0 Å². The molecule has 0 heteroatoms. The fourth-order valence-electron chi connectivity index (χ4n) is 8.82. The molecule has 0 heterocycles. The minimum Gasteiger partial charge on any atom is -0.0616 e. The number of rotatable bonds is 3. The van der Waals surface area contributed by atoms with Crippen LogP contribution < -0.4 is 0 Å². The molecule has 9 aromatic carbocycles. The summed E-state index contributed by atoms with van der Waals surface area (Å²) in [6.07, 6.45) is 0. The molecule has 1 aliphatic rings. The molecule has 9 aromatic rings. The molecule has 1 aliphatic carbocycles. The first-order valence-corrected chi connectivity index (χ1v) is 17.3. The van der Waals surface area contributed by atoms with Crippen LogP contribution in [-0.2, 0) is 5.41 Å². The molecule has 0 N–H and O–H groups in total. The molecule has 0 amide bonds. The van der Waals surface area contributed by atoms with E-state index in [4.69, 9.17) is 0 Å². The molecule has 0 unspecified atom stereocenters. The van der Waals surface area contributed by atoms with Crippen LogP contribution in [-0.4, -0.2) is 0 Å². The third-order valence-corrected chi connectivity index (χ3v) is 11.0. The van der Waals surface area contributed by atoms with Crippen LogP contribution in [0.5, 0.6) is 0 Å². The maximum Gasteiger partial charge on any atom is 0.0165 e. The van der Waals surface area contributed by atoms with E-state index in [2.05, 4.69) is 184 Å². The Morgan fingerprint density at radius 3 is 1.53 bits per heavy atom. The van der Waals surface area contributed by atoms with Crippen molar-refractivity contribution in [3.05, 3.63) is 181 Å². The van der Waals surface area contributed by atoms with E-state index in [1.54, 1.807) is 0 Å². The lowest BCUT2D eigenvalue weighted by atomic mass is 9.78. The third-order valence-electron chi connectivity index (χ3n) is 11.0.